The fraction of sp³-hybridized carbons (Fsp3) is 0. The van der Waals surface area contributed by atoms with Gasteiger partial charge in [-0.2, -0.15) is 0 Å². The second-order valence-electron chi connectivity index (χ2n) is 3.56. The lowest BCUT2D eigenvalue weighted by Crippen LogP contribution is -2.04. The van der Waals surface area contributed by atoms with Gasteiger partial charge in [-0.05, 0) is 46.9 Å². The summed E-state index contributed by atoms with van der Waals surface area (Å²) in [6, 6.07) is 7.50. The van der Waals surface area contributed by atoms with Crippen molar-refractivity contribution in [3.63, 3.8) is 0 Å². The lowest BCUT2D eigenvalue weighted by Gasteiger charge is -2.09. The van der Waals surface area contributed by atoms with Gasteiger partial charge in [-0.1, -0.05) is 17.7 Å². The largest absolute Gasteiger partial charge is 0.476 e. The number of hydrogen-bond donors (Lipinski definition) is 2. The molecule has 0 aliphatic heterocycles. The Morgan fingerprint density at radius 2 is 2.11 bits per heavy atom. The van der Waals surface area contributed by atoms with E-state index in [9.17, 15) is 9.18 Å². The summed E-state index contributed by atoms with van der Waals surface area (Å²) in [6.45, 7) is 0. The van der Waals surface area contributed by atoms with E-state index in [0.29, 0.717) is 9.26 Å². The van der Waals surface area contributed by atoms with E-state index in [2.05, 4.69) is 10.3 Å². The van der Waals surface area contributed by atoms with E-state index in [1.54, 1.807) is 12.1 Å². The minimum Gasteiger partial charge on any atom is -0.476 e. The molecule has 0 spiro atoms. The smallest absolute Gasteiger partial charge is 0.356 e. The Labute approximate surface area is 126 Å². The Morgan fingerprint density at radius 3 is 2.79 bits per heavy atom. The summed E-state index contributed by atoms with van der Waals surface area (Å²) < 4.78 is 13.8. The first-order chi connectivity index (χ1) is 8.99. The number of anilines is 2. The number of carboxylic acid groups (broad SMARTS) is 1. The second-order valence-corrected chi connectivity index (χ2v) is 5.04. The molecule has 1 heterocycles. The summed E-state index contributed by atoms with van der Waals surface area (Å²) in [5.41, 5.74) is 0.254. The predicted molar refractivity (Wildman–Crippen MR) is 78.6 cm³/mol. The zero-order chi connectivity index (χ0) is 14.0. The molecule has 0 saturated carbocycles. The van der Waals surface area contributed by atoms with Crippen molar-refractivity contribution in [2.75, 3.05) is 5.32 Å². The summed E-state index contributed by atoms with van der Waals surface area (Å²) in [5, 5.41) is 11.8. The molecule has 0 saturated heterocycles. The minimum atomic E-state index is -1.22. The van der Waals surface area contributed by atoms with Crippen LogP contribution in [-0.2, 0) is 0 Å². The van der Waals surface area contributed by atoms with Crippen LogP contribution >= 0.6 is 34.2 Å². The molecule has 1 aromatic carbocycles. The van der Waals surface area contributed by atoms with E-state index in [1.165, 1.54) is 18.2 Å². The van der Waals surface area contributed by atoms with Gasteiger partial charge in [0, 0.05) is 0 Å². The SMILES string of the molecule is O=C(O)c1nc(Nc2cccc(F)c2I)ccc1Cl. The van der Waals surface area contributed by atoms with Crippen LogP contribution in [0.5, 0.6) is 0 Å². The zero-order valence-electron chi connectivity index (χ0n) is 9.32. The van der Waals surface area contributed by atoms with E-state index >= 15 is 0 Å². The third-order valence-electron chi connectivity index (χ3n) is 2.26. The van der Waals surface area contributed by atoms with Crippen molar-refractivity contribution in [2.45, 2.75) is 0 Å². The highest BCUT2D eigenvalue weighted by molar-refractivity contribution is 14.1. The van der Waals surface area contributed by atoms with Crippen LogP contribution in [0.15, 0.2) is 30.3 Å². The first-order valence-electron chi connectivity index (χ1n) is 5.10. The molecule has 1 aromatic heterocycles. The van der Waals surface area contributed by atoms with Gasteiger partial charge in [0.15, 0.2) is 5.69 Å². The molecule has 98 valence electrons. The molecule has 4 nitrogen and oxygen atoms in total. The van der Waals surface area contributed by atoms with Gasteiger partial charge in [-0.3, -0.25) is 0 Å². The number of aromatic carboxylic acids is 1. The zero-order valence-corrected chi connectivity index (χ0v) is 12.2. The van der Waals surface area contributed by atoms with Gasteiger partial charge < -0.3 is 10.4 Å². The molecule has 2 aromatic rings. The third kappa shape index (κ3) is 3.13. The number of carbonyl (C=O) groups is 1. The van der Waals surface area contributed by atoms with Crippen LogP contribution in [0.3, 0.4) is 0 Å². The number of rotatable bonds is 3. The Balaban J connectivity index is 2.36. The molecule has 0 fully saturated rings. The number of pyridine rings is 1. The number of aromatic nitrogens is 1. The van der Waals surface area contributed by atoms with Crippen LogP contribution < -0.4 is 5.32 Å². The number of benzene rings is 1. The number of hydrogen-bond acceptors (Lipinski definition) is 3. The molecular formula is C12H7ClFIN2O2. The molecule has 7 heteroatoms. The molecule has 0 amide bonds. The maximum absolute atomic E-state index is 13.4. The van der Waals surface area contributed by atoms with Crippen molar-refractivity contribution in [3.8, 4) is 0 Å². The molecule has 0 atom stereocenters. The first kappa shape index (κ1) is 14.0. The maximum Gasteiger partial charge on any atom is 0.356 e. The van der Waals surface area contributed by atoms with Crippen molar-refractivity contribution in [1.82, 2.24) is 4.98 Å². The van der Waals surface area contributed by atoms with Crippen molar-refractivity contribution in [2.24, 2.45) is 0 Å². The highest BCUT2D eigenvalue weighted by atomic mass is 127. The van der Waals surface area contributed by atoms with Crippen LogP contribution in [0.4, 0.5) is 15.9 Å². The summed E-state index contributed by atoms with van der Waals surface area (Å²) in [4.78, 5) is 14.8. The lowest BCUT2D eigenvalue weighted by atomic mass is 10.3. The fourth-order valence-electron chi connectivity index (χ4n) is 1.40. The van der Waals surface area contributed by atoms with E-state index in [1.807, 2.05) is 22.6 Å². The number of nitrogens with zero attached hydrogens (tertiary/aromatic N) is 1. The van der Waals surface area contributed by atoms with Gasteiger partial charge in [0.1, 0.15) is 11.6 Å². The van der Waals surface area contributed by atoms with E-state index < -0.39 is 5.97 Å². The highest BCUT2D eigenvalue weighted by Gasteiger charge is 2.12. The van der Waals surface area contributed by atoms with E-state index in [4.69, 9.17) is 16.7 Å². The Bertz CT molecular complexity index is 652. The first-order valence-corrected chi connectivity index (χ1v) is 6.55. The molecule has 0 bridgehead atoms. The molecular weight excluding hydrogens is 385 g/mol. The number of halogens is 3. The standard InChI is InChI=1S/C12H7ClFIN2O2/c13-6-4-5-9(17-11(6)12(18)19)16-8-3-1-2-7(14)10(8)15/h1-5H,(H,16,17)(H,18,19). The quantitative estimate of drug-likeness (QED) is 0.777. The van der Waals surface area contributed by atoms with Crippen LogP contribution in [-0.4, -0.2) is 16.1 Å². The van der Waals surface area contributed by atoms with Crippen LogP contribution in [0.1, 0.15) is 10.5 Å². The van der Waals surface area contributed by atoms with Crippen molar-refractivity contribution < 1.29 is 14.3 Å². The molecule has 0 radical (unpaired) electrons. The van der Waals surface area contributed by atoms with Crippen molar-refractivity contribution in [3.05, 3.63) is 50.4 Å². The fourth-order valence-corrected chi connectivity index (χ4v) is 2.08. The normalized spacial score (nSPS) is 10.3. The van der Waals surface area contributed by atoms with Gasteiger partial charge in [-0.25, -0.2) is 14.2 Å². The second kappa shape index (κ2) is 5.70. The summed E-state index contributed by atoms with van der Waals surface area (Å²) in [6.07, 6.45) is 0. The Kier molecular flexibility index (Phi) is 4.20. The van der Waals surface area contributed by atoms with Crippen LogP contribution in [0, 0.1) is 9.39 Å². The van der Waals surface area contributed by atoms with Gasteiger partial charge in [0.25, 0.3) is 0 Å². The Hall–Kier alpha value is -1.41. The van der Waals surface area contributed by atoms with Gasteiger partial charge >= 0.3 is 5.97 Å². The molecule has 19 heavy (non-hydrogen) atoms. The van der Waals surface area contributed by atoms with Crippen LogP contribution in [0.2, 0.25) is 5.02 Å². The topological polar surface area (TPSA) is 62.2 Å². The average molecular weight is 393 g/mol. The number of carboxylic acids is 1. The average Bonchev–Trinajstić information content (AvgIpc) is 2.37. The van der Waals surface area contributed by atoms with Gasteiger partial charge in [-0.15, -0.1) is 0 Å². The van der Waals surface area contributed by atoms with E-state index in [0.717, 1.165) is 0 Å². The van der Waals surface area contributed by atoms with Gasteiger partial charge in [0.05, 0.1) is 14.3 Å². The molecule has 0 unspecified atom stereocenters. The molecule has 2 N–H and O–H groups in total. The third-order valence-corrected chi connectivity index (χ3v) is 3.66. The van der Waals surface area contributed by atoms with Gasteiger partial charge in [0.2, 0.25) is 0 Å². The molecule has 0 aliphatic rings. The summed E-state index contributed by atoms with van der Waals surface area (Å²) in [7, 11) is 0. The Morgan fingerprint density at radius 1 is 1.37 bits per heavy atom. The molecule has 0 aliphatic carbocycles. The predicted octanol–water partition coefficient (Wildman–Crippen LogP) is 3.92. The highest BCUT2D eigenvalue weighted by Crippen LogP contribution is 2.25. The lowest BCUT2D eigenvalue weighted by molar-refractivity contribution is 0.0691. The monoisotopic (exact) mass is 392 g/mol. The maximum atomic E-state index is 13.4. The van der Waals surface area contributed by atoms with Crippen molar-refractivity contribution in [1.29, 1.82) is 0 Å². The molecule has 2 rings (SSSR count). The van der Waals surface area contributed by atoms with Crippen molar-refractivity contribution >= 4 is 51.7 Å². The number of nitrogens with one attached hydrogen (secondary N) is 1. The minimum absolute atomic E-state index is 0.0481. The van der Waals surface area contributed by atoms with E-state index in [-0.39, 0.29) is 22.4 Å². The van der Waals surface area contributed by atoms with Crippen LogP contribution in [0.25, 0.3) is 0 Å². The summed E-state index contributed by atoms with van der Waals surface area (Å²) in [5.74, 6) is -1.30. The summed E-state index contributed by atoms with van der Waals surface area (Å²) >= 11 is 7.57.